The highest BCUT2D eigenvalue weighted by atomic mass is 35.5. The Morgan fingerprint density at radius 2 is 1.86 bits per heavy atom. The summed E-state index contributed by atoms with van der Waals surface area (Å²) in [6.07, 6.45) is 4.94. The molecule has 1 aromatic rings. The van der Waals surface area contributed by atoms with Gasteiger partial charge in [0, 0.05) is 38.9 Å². The van der Waals surface area contributed by atoms with Crippen LogP contribution in [-0.4, -0.2) is 54.8 Å². The zero-order valence-electron chi connectivity index (χ0n) is 13.5. The number of halogens is 1. The monoisotopic (exact) mass is 323 g/mol. The van der Waals surface area contributed by atoms with Crippen LogP contribution in [0.5, 0.6) is 0 Å². The van der Waals surface area contributed by atoms with Gasteiger partial charge in [0.05, 0.1) is 17.2 Å². The molecule has 2 unspecified atom stereocenters. The van der Waals surface area contributed by atoms with E-state index >= 15 is 0 Å². The van der Waals surface area contributed by atoms with Gasteiger partial charge < -0.3 is 9.64 Å². The van der Waals surface area contributed by atoms with E-state index in [1.165, 1.54) is 19.4 Å². The van der Waals surface area contributed by atoms with Crippen LogP contribution in [0.4, 0.5) is 5.82 Å². The van der Waals surface area contributed by atoms with E-state index in [1.54, 1.807) is 6.20 Å². The van der Waals surface area contributed by atoms with Crippen molar-refractivity contribution in [1.82, 2.24) is 9.88 Å². The summed E-state index contributed by atoms with van der Waals surface area (Å²) < 4.78 is 5.82. The van der Waals surface area contributed by atoms with Gasteiger partial charge in [-0.3, -0.25) is 4.90 Å². The summed E-state index contributed by atoms with van der Waals surface area (Å²) in [5.74, 6) is 1.84. The van der Waals surface area contributed by atoms with Crippen LogP contribution in [0.15, 0.2) is 18.3 Å². The third kappa shape index (κ3) is 4.12. The van der Waals surface area contributed by atoms with Crippen molar-refractivity contribution in [2.75, 3.05) is 37.6 Å². The Bertz CT molecular complexity index is 463. The van der Waals surface area contributed by atoms with Gasteiger partial charge >= 0.3 is 0 Å². The van der Waals surface area contributed by atoms with E-state index in [-0.39, 0.29) is 0 Å². The van der Waals surface area contributed by atoms with Crippen molar-refractivity contribution in [2.24, 2.45) is 5.92 Å². The fraction of sp³-hybridized carbons (Fsp3) is 0.706. The van der Waals surface area contributed by atoms with Gasteiger partial charge in [0.1, 0.15) is 5.82 Å². The molecule has 4 nitrogen and oxygen atoms in total. The predicted molar refractivity (Wildman–Crippen MR) is 90.6 cm³/mol. The van der Waals surface area contributed by atoms with Gasteiger partial charge in [0.2, 0.25) is 0 Å². The van der Waals surface area contributed by atoms with Crippen LogP contribution in [0, 0.1) is 5.92 Å². The van der Waals surface area contributed by atoms with Crippen LogP contribution in [-0.2, 0) is 4.74 Å². The highest BCUT2D eigenvalue weighted by molar-refractivity contribution is 6.30. The van der Waals surface area contributed by atoms with Gasteiger partial charge in [0.25, 0.3) is 0 Å². The number of nitrogens with zero attached hydrogens (tertiary/aromatic N) is 3. The number of piperidine rings is 1. The smallest absolute Gasteiger partial charge is 0.128 e. The quantitative estimate of drug-likeness (QED) is 0.855. The van der Waals surface area contributed by atoms with E-state index in [2.05, 4.69) is 28.6 Å². The Morgan fingerprint density at radius 3 is 2.45 bits per heavy atom. The van der Waals surface area contributed by atoms with Gasteiger partial charge in [-0.05, 0) is 44.7 Å². The predicted octanol–water partition coefficient (Wildman–Crippen LogP) is 3.06. The van der Waals surface area contributed by atoms with E-state index < -0.39 is 0 Å². The number of aromatic nitrogens is 1. The summed E-state index contributed by atoms with van der Waals surface area (Å²) in [6, 6.07) is 3.94. The molecule has 2 atom stereocenters. The molecule has 22 heavy (non-hydrogen) atoms. The van der Waals surface area contributed by atoms with E-state index in [0.29, 0.717) is 17.2 Å². The molecule has 2 saturated heterocycles. The lowest BCUT2D eigenvalue weighted by atomic mass is 9.95. The number of rotatable bonds is 3. The Labute approximate surface area is 138 Å². The molecule has 0 N–H and O–H groups in total. The fourth-order valence-corrected chi connectivity index (χ4v) is 3.81. The van der Waals surface area contributed by atoms with Gasteiger partial charge in [0.15, 0.2) is 0 Å². The largest absolute Gasteiger partial charge is 0.373 e. The van der Waals surface area contributed by atoms with Gasteiger partial charge in [-0.2, -0.15) is 0 Å². The molecule has 122 valence electrons. The molecule has 0 radical (unpaired) electrons. The first-order valence-electron chi connectivity index (χ1n) is 8.34. The zero-order chi connectivity index (χ0) is 15.5. The first-order chi connectivity index (χ1) is 10.6. The molecule has 2 aliphatic heterocycles. The number of pyridine rings is 1. The lowest BCUT2D eigenvalue weighted by Gasteiger charge is -2.39. The molecule has 0 bridgehead atoms. The number of hydrogen-bond acceptors (Lipinski definition) is 4. The molecule has 0 aliphatic carbocycles. The molecule has 0 spiro atoms. The summed E-state index contributed by atoms with van der Waals surface area (Å²) in [5, 5.41) is 0.703. The molecular formula is C17H26ClN3O. The maximum absolute atomic E-state index is 5.91. The maximum Gasteiger partial charge on any atom is 0.128 e. The molecular weight excluding hydrogens is 298 g/mol. The molecule has 1 aromatic heterocycles. The second-order valence-corrected chi connectivity index (χ2v) is 7.18. The molecule has 0 aromatic carbocycles. The van der Waals surface area contributed by atoms with Crippen LogP contribution < -0.4 is 4.90 Å². The molecule has 2 aliphatic rings. The topological polar surface area (TPSA) is 28.6 Å². The molecule has 5 heteroatoms. The van der Waals surface area contributed by atoms with Crippen LogP contribution in [0.3, 0.4) is 0 Å². The van der Waals surface area contributed by atoms with E-state index in [0.717, 1.165) is 37.9 Å². The fourth-order valence-electron chi connectivity index (χ4n) is 3.70. The second kappa shape index (κ2) is 7.16. The van der Waals surface area contributed by atoms with Crippen molar-refractivity contribution < 1.29 is 4.74 Å². The summed E-state index contributed by atoms with van der Waals surface area (Å²) in [7, 11) is 0. The van der Waals surface area contributed by atoms with Crippen molar-refractivity contribution in [1.29, 1.82) is 0 Å². The minimum Gasteiger partial charge on any atom is -0.373 e. The normalized spacial score (nSPS) is 28.0. The number of morpholine rings is 1. The molecule has 0 amide bonds. The molecule has 2 fully saturated rings. The van der Waals surface area contributed by atoms with E-state index in [4.69, 9.17) is 16.3 Å². The second-order valence-electron chi connectivity index (χ2n) is 6.74. The highest BCUT2D eigenvalue weighted by Gasteiger charge is 2.26. The first kappa shape index (κ1) is 16.0. The van der Waals surface area contributed by atoms with Crippen molar-refractivity contribution in [2.45, 2.75) is 38.9 Å². The lowest BCUT2D eigenvalue weighted by Crippen LogP contribution is -2.48. The Hall–Kier alpha value is -0.840. The third-order valence-corrected chi connectivity index (χ3v) is 4.89. The minimum absolute atomic E-state index is 0.363. The van der Waals surface area contributed by atoms with Crippen molar-refractivity contribution in [3.8, 4) is 0 Å². The minimum atomic E-state index is 0.363. The van der Waals surface area contributed by atoms with Crippen molar-refractivity contribution in [3.05, 3.63) is 23.4 Å². The third-order valence-electron chi connectivity index (χ3n) is 4.66. The average molecular weight is 324 g/mol. The standard InChI is InChI=1S/C17H26ClN3O/c1-13-10-20(11-14(2)22-13)12-15-5-7-21(8-6-15)17-4-3-16(18)9-19-17/h3-4,9,13-15H,5-8,10-12H2,1-2H3. The summed E-state index contributed by atoms with van der Waals surface area (Å²) >= 11 is 5.91. The number of ether oxygens (including phenoxy) is 1. The lowest BCUT2D eigenvalue weighted by molar-refractivity contribution is -0.0720. The van der Waals surface area contributed by atoms with Crippen LogP contribution in [0.25, 0.3) is 0 Å². The molecule has 3 heterocycles. The zero-order valence-corrected chi connectivity index (χ0v) is 14.3. The Balaban J connectivity index is 1.48. The van der Waals surface area contributed by atoms with Crippen molar-refractivity contribution in [3.63, 3.8) is 0 Å². The molecule has 0 saturated carbocycles. The summed E-state index contributed by atoms with van der Waals surface area (Å²) in [4.78, 5) is 9.39. The highest BCUT2D eigenvalue weighted by Crippen LogP contribution is 2.24. The van der Waals surface area contributed by atoms with Crippen molar-refractivity contribution >= 4 is 17.4 Å². The SMILES string of the molecule is CC1CN(CC2CCN(c3ccc(Cl)cn3)CC2)CC(C)O1. The van der Waals surface area contributed by atoms with Crippen LogP contribution in [0.2, 0.25) is 5.02 Å². The maximum atomic E-state index is 5.91. The number of anilines is 1. The Morgan fingerprint density at radius 1 is 1.18 bits per heavy atom. The van der Waals surface area contributed by atoms with Crippen LogP contribution >= 0.6 is 11.6 Å². The van der Waals surface area contributed by atoms with Gasteiger partial charge in [-0.15, -0.1) is 0 Å². The summed E-state index contributed by atoms with van der Waals surface area (Å²) in [5.41, 5.74) is 0. The van der Waals surface area contributed by atoms with E-state index in [1.807, 2.05) is 12.1 Å². The first-order valence-corrected chi connectivity index (χ1v) is 8.72. The molecule has 3 rings (SSSR count). The van der Waals surface area contributed by atoms with E-state index in [9.17, 15) is 0 Å². The van der Waals surface area contributed by atoms with Gasteiger partial charge in [-0.25, -0.2) is 4.98 Å². The summed E-state index contributed by atoms with van der Waals surface area (Å²) in [6.45, 7) is 9.89. The Kier molecular flexibility index (Phi) is 5.21. The van der Waals surface area contributed by atoms with Crippen LogP contribution in [0.1, 0.15) is 26.7 Å². The van der Waals surface area contributed by atoms with Gasteiger partial charge in [-0.1, -0.05) is 11.6 Å². The average Bonchev–Trinajstić information content (AvgIpc) is 2.48. The number of hydrogen-bond donors (Lipinski definition) is 0.